The fourth-order valence-electron chi connectivity index (χ4n) is 2.46. The van der Waals surface area contributed by atoms with Crippen LogP contribution in [0.1, 0.15) is 69.2 Å². The van der Waals surface area contributed by atoms with Crippen molar-refractivity contribution in [1.29, 1.82) is 0 Å². The van der Waals surface area contributed by atoms with Crippen LogP contribution in [-0.4, -0.2) is 16.8 Å². The first-order chi connectivity index (χ1) is 8.11. The fraction of sp³-hybridized carbons (Fsp3) is 0.786. The summed E-state index contributed by atoms with van der Waals surface area (Å²) in [6.45, 7) is 8.87. The van der Waals surface area contributed by atoms with Gasteiger partial charge in [-0.2, -0.15) is 0 Å². The summed E-state index contributed by atoms with van der Waals surface area (Å²) in [6, 6.07) is 0. The van der Waals surface area contributed by atoms with E-state index in [4.69, 9.17) is 9.40 Å². The summed E-state index contributed by atoms with van der Waals surface area (Å²) in [6.07, 6.45) is 5.01. The molecule has 2 heterocycles. The molecule has 1 aromatic rings. The third-order valence-electron chi connectivity index (χ3n) is 3.94. The third kappa shape index (κ3) is 2.91. The number of oxazole rings is 1. The van der Waals surface area contributed by atoms with E-state index in [1.807, 2.05) is 0 Å². The molecular weight excluding hydrogens is 229 g/mol. The van der Waals surface area contributed by atoms with Crippen molar-refractivity contribution in [3.63, 3.8) is 0 Å². The van der Waals surface area contributed by atoms with Crippen LogP contribution in [-0.2, 0) is 0 Å². The molecule has 0 spiro atoms. The summed E-state index contributed by atoms with van der Waals surface area (Å²) in [7, 11) is 1.08. The van der Waals surface area contributed by atoms with Gasteiger partial charge >= 0.3 is 0 Å². The average molecular weight is 253 g/mol. The maximum Gasteiger partial charge on any atom is 0.198 e. The van der Waals surface area contributed by atoms with Gasteiger partial charge in [0, 0.05) is 11.8 Å². The molecule has 0 aromatic carbocycles. The van der Waals surface area contributed by atoms with E-state index >= 15 is 0 Å². The fourth-order valence-corrected chi connectivity index (χ4v) is 3.90. The zero-order valence-corrected chi connectivity index (χ0v) is 12.4. The molecular formula is C14H24NOP. The summed E-state index contributed by atoms with van der Waals surface area (Å²) in [5, 5.41) is 0. The smallest absolute Gasteiger partial charge is 0.198 e. The Labute approximate surface area is 106 Å². The molecule has 1 aromatic heterocycles. The number of hydrogen-bond acceptors (Lipinski definition) is 2. The van der Waals surface area contributed by atoms with Crippen molar-refractivity contribution in [2.75, 3.05) is 6.16 Å². The second kappa shape index (κ2) is 5.52. The van der Waals surface area contributed by atoms with Crippen molar-refractivity contribution < 1.29 is 4.42 Å². The quantitative estimate of drug-likeness (QED) is 0.744. The van der Waals surface area contributed by atoms with E-state index in [-0.39, 0.29) is 0 Å². The van der Waals surface area contributed by atoms with Crippen LogP contribution in [0.25, 0.3) is 0 Å². The zero-order chi connectivity index (χ0) is 12.4. The van der Waals surface area contributed by atoms with Gasteiger partial charge in [-0.05, 0) is 38.0 Å². The number of hydrogen-bond donors (Lipinski definition) is 0. The Hall–Kier alpha value is -0.360. The molecule has 2 rings (SSSR count). The van der Waals surface area contributed by atoms with Crippen LogP contribution in [0, 0.1) is 6.92 Å². The minimum atomic E-state index is 0.525. The lowest BCUT2D eigenvalue weighted by molar-refractivity contribution is 0.420. The van der Waals surface area contributed by atoms with E-state index in [0.29, 0.717) is 11.8 Å². The summed E-state index contributed by atoms with van der Waals surface area (Å²) in [4.78, 5) is 4.77. The van der Waals surface area contributed by atoms with Crippen LogP contribution in [0.15, 0.2) is 4.42 Å². The second-order valence-corrected chi connectivity index (χ2v) is 7.19. The SMILES string of the molecule is CCC(C)c1nc(C2CC[C@@H](C)PC2)oc1C. The highest BCUT2D eigenvalue weighted by Crippen LogP contribution is 2.39. The highest BCUT2D eigenvalue weighted by Gasteiger charge is 2.25. The molecule has 0 saturated carbocycles. The highest BCUT2D eigenvalue weighted by molar-refractivity contribution is 7.39. The predicted octanol–water partition coefficient (Wildman–Crippen LogP) is 4.44. The van der Waals surface area contributed by atoms with Gasteiger partial charge < -0.3 is 4.42 Å². The molecule has 2 nitrogen and oxygen atoms in total. The van der Waals surface area contributed by atoms with Crippen molar-refractivity contribution in [3.05, 3.63) is 17.3 Å². The van der Waals surface area contributed by atoms with Crippen LogP contribution < -0.4 is 0 Å². The van der Waals surface area contributed by atoms with Gasteiger partial charge in [-0.15, -0.1) is 8.58 Å². The van der Waals surface area contributed by atoms with Crippen molar-refractivity contribution in [1.82, 2.24) is 4.98 Å². The largest absolute Gasteiger partial charge is 0.445 e. The molecule has 1 fully saturated rings. The number of nitrogens with zero attached hydrogens (tertiary/aromatic N) is 1. The molecule has 0 radical (unpaired) electrons. The molecule has 1 aliphatic heterocycles. The lowest BCUT2D eigenvalue weighted by Gasteiger charge is -2.23. The molecule has 0 bridgehead atoms. The van der Waals surface area contributed by atoms with Crippen LogP contribution >= 0.6 is 8.58 Å². The number of aryl methyl sites for hydroxylation is 1. The Morgan fingerprint density at radius 1 is 1.47 bits per heavy atom. The third-order valence-corrected chi connectivity index (χ3v) is 5.65. The normalized spacial score (nSPS) is 28.5. The molecule has 3 heteroatoms. The molecule has 1 aliphatic rings. The summed E-state index contributed by atoms with van der Waals surface area (Å²) >= 11 is 0. The number of rotatable bonds is 3. The Kier molecular flexibility index (Phi) is 4.25. The number of aromatic nitrogens is 1. The lowest BCUT2D eigenvalue weighted by Crippen LogP contribution is -2.12. The van der Waals surface area contributed by atoms with Gasteiger partial charge in [-0.1, -0.05) is 20.8 Å². The van der Waals surface area contributed by atoms with E-state index in [9.17, 15) is 0 Å². The minimum absolute atomic E-state index is 0.525. The van der Waals surface area contributed by atoms with E-state index in [2.05, 4.69) is 27.7 Å². The van der Waals surface area contributed by atoms with E-state index in [1.165, 1.54) is 24.7 Å². The Balaban J connectivity index is 2.11. The second-order valence-electron chi connectivity index (χ2n) is 5.39. The van der Waals surface area contributed by atoms with Gasteiger partial charge in [0.15, 0.2) is 5.89 Å². The van der Waals surface area contributed by atoms with E-state index in [0.717, 1.165) is 32.3 Å². The van der Waals surface area contributed by atoms with Crippen LogP contribution in [0.4, 0.5) is 0 Å². The van der Waals surface area contributed by atoms with Crippen molar-refractivity contribution >= 4 is 8.58 Å². The molecule has 4 atom stereocenters. The first-order valence-electron chi connectivity index (χ1n) is 6.82. The molecule has 0 amide bonds. The topological polar surface area (TPSA) is 26.0 Å². The highest BCUT2D eigenvalue weighted by atomic mass is 31.1. The lowest BCUT2D eigenvalue weighted by atomic mass is 10.0. The maximum atomic E-state index is 5.91. The van der Waals surface area contributed by atoms with Gasteiger partial charge in [0.1, 0.15) is 5.76 Å². The van der Waals surface area contributed by atoms with E-state index in [1.54, 1.807) is 0 Å². The van der Waals surface area contributed by atoms with Crippen LogP contribution in [0.2, 0.25) is 0 Å². The molecule has 0 N–H and O–H groups in total. The zero-order valence-electron chi connectivity index (χ0n) is 11.4. The summed E-state index contributed by atoms with van der Waals surface area (Å²) < 4.78 is 5.91. The van der Waals surface area contributed by atoms with Crippen molar-refractivity contribution in [2.45, 2.75) is 64.5 Å². The summed E-state index contributed by atoms with van der Waals surface area (Å²) in [5.41, 5.74) is 2.10. The Morgan fingerprint density at radius 3 is 2.82 bits per heavy atom. The van der Waals surface area contributed by atoms with Crippen LogP contribution in [0.3, 0.4) is 0 Å². The molecule has 0 aliphatic carbocycles. The minimum Gasteiger partial charge on any atom is -0.445 e. The van der Waals surface area contributed by atoms with Gasteiger partial charge in [-0.3, -0.25) is 0 Å². The Bertz CT molecular complexity index is 366. The molecule has 96 valence electrons. The van der Waals surface area contributed by atoms with Gasteiger partial charge in [0.05, 0.1) is 5.69 Å². The van der Waals surface area contributed by atoms with Crippen molar-refractivity contribution in [2.24, 2.45) is 0 Å². The first-order valence-corrected chi connectivity index (χ1v) is 8.10. The Morgan fingerprint density at radius 2 is 2.24 bits per heavy atom. The van der Waals surface area contributed by atoms with Gasteiger partial charge in [0.25, 0.3) is 0 Å². The molecule has 17 heavy (non-hydrogen) atoms. The van der Waals surface area contributed by atoms with E-state index < -0.39 is 0 Å². The van der Waals surface area contributed by atoms with Crippen LogP contribution in [0.5, 0.6) is 0 Å². The predicted molar refractivity (Wildman–Crippen MR) is 74.6 cm³/mol. The standard InChI is InChI=1S/C14H24NOP/c1-5-9(2)13-11(4)16-14(15-13)12-7-6-10(3)17-8-12/h9-10,12,17H,5-8H2,1-4H3/t9?,10-,12?/m1/s1. The monoisotopic (exact) mass is 253 g/mol. The molecule has 1 saturated heterocycles. The maximum absolute atomic E-state index is 5.91. The summed E-state index contributed by atoms with van der Waals surface area (Å²) in [5.74, 6) is 3.16. The molecule has 3 unspecified atom stereocenters. The average Bonchev–Trinajstić information content (AvgIpc) is 2.71. The van der Waals surface area contributed by atoms with Crippen molar-refractivity contribution in [3.8, 4) is 0 Å². The first kappa shape index (κ1) is 13.1. The van der Waals surface area contributed by atoms with Gasteiger partial charge in [0.2, 0.25) is 0 Å². The van der Waals surface area contributed by atoms with Gasteiger partial charge in [-0.25, -0.2) is 4.98 Å².